The molecule has 1 heterocycles. The fourth-order valence-electron chi connectivity index (χ4n) is 6.01. The standard InChI is InChI=1S/C27H18Cl4N2O3/c1-13(23(34)32-14-10-11-19(28)20(29)12-14)33-24(35)21-22(25(33)36)27(31)16-7-3-2-6-15(16)26(21,30)17-8-4-5-9-18(17)27/h2-13,21-22H,1H3,(H,32,34)/t13-,21-,22+,26?,27?/m1/s1. The van der Waals surface area contributed by atoms with Crippen molar-refractivity contribution in [2.45, 2.75) is 22.7 Å². The van der Waals surface area contributed by atoms with E-state index >= 15 is 0 Å². The average molecular weight is 560 g/mol. The summed E-state index contributed by atoms with van der Waals surface area (Å²) < 4.78 is 0. The number of amides is 3. The molecule has 1 saturated heterocycles. The molecular formula is C27H18Cl4N2O3. The number of nitrogens with one attached hydrogen (secondary N) is 1. The van der Waals surface area contributed by atoms with Gasteiger partial charge in [0.25, 0.3) is 0 Å². The first kappa shape index (κ1) is 23.8. The number of alkyl halides is 2. The lowest BCUT2D eigenvalue weighted by Gasteiger charge is -2.54. The van der Waals surface area contributed by atoms with Crippen molar-refractivity contribution in [1.82, 2.24) is 4.90 Å². The zero-order chi connectivity index (χ0) is 25.6. The van der Waals surface area contributed by atoms with Crippen molar-refractivity contribution < 1.29 is 14.4 Å². The Morgan fingerprint density at radius 2 is 1.25 bits per heavy atom. The fourth-order valence-corrected chi connectivity index (χ4v) is 7.40. The largest absolute Gasteiger partial charge is 0.324 e. The van der Waals surface area contributed by atoms with Crippen LogP contribution in [0.3, 0.4) is 0 Å². The molecule has 3 aromatic rings. The van der Waals surface area contributed by atoms with Gasteiger partial charge in [0.05, 0.1) is 21.9 Å². The van der Waals surface area contributed by atoms with E-state index in [2.05, 4.69) is 5.32 Å². The van der Waals surface area contributed by atoms with Crippen molar-refractivity contribution >= 4 is 69.8 Å². The Hall–Kier alpha value is -2.57. The molecule has 1 N–H and O–H groups in total. The molecule has 36 heavy (non-hydrogen) atoms. The number of likely N-dealkylation sites (tertiary alicyclic amines) is 1. The van der Waals surface area contributed by atoms with Crippen LogP contribution in [0.1, 0.15) is 29.2 Å². The molecule has 3 aliphatic carbocycles. The van der Waals surface area contributed by atoms with Gasteiger partial charge in [0.2, 0.25) is 17.7 Å². The lowest BCUT2D eigenvalue weighted by atomic mass is 9.54. The van der Waals surface area contributed by atoms with Gasteiger partial charge in [-0.3, -0.25) is 19.3 Å². The van der Waals surface area contributed by atoms with Crippen LogP contribution in [-0.2, 0) is 24.1 Å². The zero-order valence-corrected chi connectivity index (χ0v) is 21.8. The minimum Gasteiger partial charge on any atom is -0.324 e. The number of benzene rings is 3. The average Bonchev–Trinajstić information content (AvgIpc) is 3.15. The van der Waals surface area contributed by atoms with E-state index in [1.165, 1.54) is 13.0 Å². The summed E-state index contributed by atoms with van der Waals surface area (Å²) in [6, 6.07) is 18.3. The first-order valence-electron chi connectivity index (χ1n) is 11.3. The van der Waals surface area contributed by atoms with Crippen LogP contribution in [0.2, 0.25) is 10.0 Å². The summed E-state index contributed by atoms with van der Waals surface area (Å²) in [6.45, 7) is 1.50. The van der Waals surface area contributed by atoms with Crippen LogP contribution >= 0.6 is 46.4 Å². The van der Waals surface area contributed by atoms with Crippen LogP contribution in [0.25, 0.3) is 0 Å². The van der Waals surface area contributed by atoms with E-state index in [4.69, 9.17) is 46.4 Å². The summed E-state index contributed by atoms with van der Waals surface area (Å²) >= 11 is 26.8. The number of carbonyl (C=O) groups excluding carboxylic acids is 3. The van der Waals surface area contributed by atoms with Crippen molar-refractivity contribution in [3.8, 4) is 0 Å². The van der Waals surface area contributed by atoms with Gasteiger partial charge in [0.15, 0.2) is 0 Å². The van der Waals surface area contributed by atoms with Crippen LogP contribution in [0.4, 0.5) is 5.69 Å². The van der Waals surface area contributed by atoms with Crippen LogP contribution in [0.15, 0.2) is 66.7 Å². The normalized spacial score (nSPS) is 28.4. The molecule has 0 radical (unpaired) electrons. The molecule has 3 aromatic carbocycles. The highest BCUT2D eigenvalue weighted by molar-refractivity contribution is 6.42. The molecule has 0 aromatic heterocycles. The van der Waals surface area contributed by atoms with E-state index in [1.807, 2.05) is 48.5 Å². The van der Waals surface area contributed by atoms with Gasteiger partial charge in [-0.15, -0.1) is 23.2 Å². The summed E-state index contributed by atoms with van der Waals surface area (Å²) in [4.78, 5) is 39.5. The lowest BCUT2D eigenvalue weighted by Crippen LogP contribution is -2.57. The summed E-state index contributed by atoms with van der Waals surface area (Å²) in [5, 5.41) is 3.31. The highest BCUT2D eigenvalue weighted by Gasteiger charge is 2.73. The second-order valence-electron chi connectivity index (χ2n) is 9.31. The minimum atomic E-state index is -1.30. The lowest BCUT2D eigenvalue weighted by molar-refractivity contribution is -0.146. The van der Waals surface area contributed by atoms with Crippen LogP contribution in [-0.4, -0.2) is 28.7 Å². The van der Waals surface area contributed by atoms with Gasteiger partial charge < -0.3 is 5.32 Å². The molecule has 3 atom stereocenters. The van der Waals surface area contributed by atoms with Gasteiger partial charge in [0, 0.05) is 5.69 Å². The van der Waals surface area contributed by atoms with E-state index in [0.717, 1.165) is 4.90 Å². The van der Waals surface area contributed by atoms with Crippen molar-refractivity contribution in [3.05, 3.63) is 99.0 Å². The van der Waals surface area contributed by atoms with E-state index < -0.39 is 45.3 Å². The predicted molar refractivity (Wildman–Crippen MR) is 140 cm³/mol. The van der Waals surface area contributed by atoms with E-state index in [1.54, 1.807) is 12.1 Å². The van der Waals surface area contributed by atoms with Gasteiger partial charge in [-0.2, -0.15) is 0 Å². The SMILES string of the molecule is C[C@H](C(=O)Nc1ccc(Cl)c(Cl)c1)N1C(=O)[C@@H]2[C@H](C1=O)C1(Cl)c3ccccc3C2(Cl)c2ccccc21. The number of halogens is 4. The molecule has 1 aliphatic heterocycles. The van der Waals surface area contributed by atoms with Gasteiger partial charge in [0.1, 0.15) is 15.8 Å². The second kappa shape index (κ2) is 7.96. The first-order chi connectivity index (χ1) is 17.1. The number of rotatable bonds is 3. The smallest absolute Gasteiger partial charge is 0.247 e. The predicted octanol–water partition coefficient (Wildman–Crippen LogP) is 5.91. The Kier molecular flexibility index (Phi) is 5.27. The Labute approximate surface area is 227 Å². The number of hydrogen-bond donors (Lipinski definition) is 1. The van der Waals surface area contributed by atoms with Gasteiger partial charge in [-0.05, 0) is 47.4 Å². The number of carbonyl (C=O) groups is 3. The van der Waals surface area contributed by atoms with Crippen molar-refractivity contribution in [3.63, 3.8) is 0 Å². The quantitative estimate of drug-likeness (QED) is 0.320. The summed E-state index contributed by atoms with van der Waals surface area (Å²) in [5.74, 6) is -3.52. The van der Waals surface area contributed by atoms with Crippen LogP contribution in [0.5, 0.6) is 0 Å². The van der Waals surface area contributed by atoms with Crippen LogP contribution in [0, 0.1) is 11.8 Å². The Balaban J connectivity index is 1.43. The van der Waals surface area contributed by atoms with Gasteiger partial charge >= 0.3 is 0 Å². The van der Waals surface area contributed by atoms with Crippen molar-refractivity contribution in [1.29, 1.82) is 0 Å². The van der Waals surface area contributed by atoms with Crippen molar-refractivity contribution in [2.75, 3.05) is 5.32 Å². The number of nitrogens with zero attached hydrogens (tertiary/aromatic N) is 1. The molecule has 9 heteroatoms. The summed E-state index contributed by atoms with van der Waals surface area (Å²) in [7, 11) is 0. The third-order valence-electron chi connectivity index (χ3n) is 7.57. The molecule has 4 aliphatic rings. The van der Waals surface area contributed by atoms with E-state index in [0.29, 0.717) is 33.0 Å². The maximum Gasteiger partial charge on any atom is 0.247 e. The monoisotopic (exact) mass is 558 g/mol. The minimum absolute atomic E-state index is 0.265. The topological polar surface area (TPSA) is 66.5 Å². The maximum atomic E-state index is 13.9. The van der Waals surface area contributed by atoms with Gasteiger partial charge in [-0.1, -0.05) is 71.7 Å². The molecule has 5 nitrogen and oxygen atoms in total. The van der Waals surface area contributed by atoms with Crippen LogP contribution < -0.4 is 5.32 Å². The number of imide groups is 1. The summed E-state index contributed by atoms with van der Waals surface area (Å²) in [5.41, 5.74) is 3.21. The highest BCUT2D eigenvalue weighted by atomic mass is 35.5. The third-order valence-corrected chi connectivity index (χ3v) is 9.60. The molecule has 0 unspecified atom stereocenters. The Bertz CT molecular complexity index is 1370. The maximum absolute atomic E-state index is 13.9. The second-order valence-corrected chi connectivity index (χ2v) is 11.3. The molecule has 3 amide bonds. The Morgan fingerprint density at radius 3 is 1.67 bits per heavy atom. The molecule has 0 spiro atoms. The molecule has 2 bridgehead atoms. The molecule has 0 saturated carbocycles. The molecule has 1 fully saturated rings. The summed E-state index contributed by atoms with van der Waals surface area (Å²) in [6.07, 6.45) is 0. The van der Waals surface area contributed by atoms with E-state index in [9.17, 15) is 14.4 Å². The zero-order valence-electron chi connectivity index (χ0n) is 18.8. The van der Waals surface area contributed by atoms with Crippen molar-refractivity contribution in [2.24, 2.45) is 11.8 Å². The molecular weight excluding hydrogens is 542 g/mol. The van der Waals surface area contributed by atoms with E-state index in [-0.39, 0.29) is 5.02 Å². The number of hydrogen-bond acceptors (Lipinski definition) is 3. The highest BCUT2D eigenvalue weighted by Crippen LogP contribution is 2.69. The molecule has 182 valence electrons. The van der Waals surface area contributed by atoms with Gasteiger partial charge in [-0.25, -0.2) is 0 Å². The molecule has 7 rings (SSSR count). The fraction of sp³-hybridized carbons (Fsp3) is 0.222. The Morgan fingerprint density at radius 1 is 0.806 bits per heavy atom. The number of anilines is 1. The third kappa shape index (κ3) is 2.89. The first-order valence-corrected chi connectivity index (χ1v) is 12.8.